The largest absolute Gasteiger partial charge is 0.341 e. The third-order valence-electron chi connectivity index (χ3n) is 4.69. The van der Waals surface area contributed by atoms with Gasteiger partial charge in [-0.2, -0.15) is 0 Å². The molecule has 0 aromatic heterocycles. The second-order valence-electron chi connectivity index (χ2n) is 6.10. The van der Waals surface area contributed by atoms with Crippen molar-refractivity contribution >= 4 is 5.91 Å². The van der Waals surface area contributed by atoms with Crippen LogP contribution in [0.15, 0.2) is 0 Å². The molecule has 0 saturated heterocycles. The molecule has 2 aliphatic carbocycles. The number of hydrogen-bond donors (Lipinski definition) is 1. The summed E-state index contributed by atoms with van der Waals surface area (Å²) in [4.78, 5) is 14.1. The predicted octanol–water partition coefficient (Wildman–Crippen LogP) is 2.54. The highest BCUT2D eigenvalue weighted by atomic mass is 19.3. The highest BCUT2D eigenvalue weighted by molar-refractivity contribution is 5.79. The SMILES string of the molecule is CN(C(=O)C1CCC(F)(F)CC1)C1CCCCC1N. The van der Waals surface area contributed by atoms with Gasteiger partial charge < -0.3 is 10.6 Å². The van der Waals surface area contributed by atoms with Crippen molar-refractivity contribution in [3.05, 3.63) is 0 Å². The van der Waals surface area contributed by atoms with E-state index in [9.17, 15) is 13.6 Å². The van der Waals surface area contributed by atoms with Gasteiger partial charge in [-0.3, -0.25) is 4.79 Å². The smallest absolute Gasteiger partial charge is 0.248 e. The van der Waals surface area contributed by atoms with Gasteiger partial charge in [-0.05, 0) is 25.7 Å². The van der Waals surface area contributed by atoms with Crippen LogP contribution in [0.1, 0.15) is 51.4 Å². The van der Waals surface area contributed by atoms with Crippen molar-refractivity contribution in [1.82, 2.24) is 4.90 Å². The average molecular weight is 274 g/mol. The Kier molecular flexibility index (Phi) is 4.43. The molecule has 2 aliphatic rings. The van der Waals surface area contributed by atoms with Crippen molar-refractivity contribution in [3.8, 4) is 0 Å². The van der Waals surface area contributed by atoms with E-state index in [2.05, 4.69) is 0 Å². The van der Waals surface area contributed by atoms with Crippen LogP contribution < -0.4 is 5.73 Å². The number of carbonyl (C=O) groups is 1. The van der Waals surface area contributed by atoms with E-state index in [1.807, 2.05) is 0 Å². The number of hydrogen-bond acceptors (Lipinski definition) is 2. The van der Waals surface area contributed by atoms with Gasteiger partial charge in [-0.15, -0.1) is 0 Å². The number of halogens is 2. The Hall–Kier alpha value is -0.710. The van der Waals surface area contributed by atoms with E-state index in [0.717, 1.165) is 25.7 Å². The summed E-state index contributed by atoms with van der Waals surface area (Å²) in [7, 11) is 1.78. The summed E-state index contributed by atoms with van der Waals surface area (Å²) in [6.45, 7) is 0. The van der Waals surface area contributed by atoms with Crippen LogP contribution in [0, 0.1) is 5.92 Å². The van der Waals surface area contributed by atoms with E-state index in [1.165, 1.54) is 0 Å². The molecule has 3 nitrogen and oxygen atoms in total. The third kappa shape index (κ3) is 3.44. The van der Waals surface area contributed by atoms with Crippen LogP contribution in [0.3, 0.4) is 0 Å². The van der Waals surface area contributed by atoms with Crippen molar-refractivity contribution in [2.24, 2.45) is 11.7 Å². The van der Waals surface area contributed by atoms with Crippen LogP contribution in [-0.4, -0.2) is 35.9 Å². The van der Waals surface area contributed by atoms with E-state index in [1.54, 1.807) is 11.9 Å². The summed E-state index contributed by atoms with van der Waals surface area (Å²) in [5.41, 5.74) is 6.08. The van der Waals surface area contributed by atoms with Crippen molar-refractivity contribution in [2.75, 3.05) is 7.05 Å². The Balaban J connectivity index is 1.92. The lowest BCUT2D eigenvalue weighted by atomic mass is 9.84. The molecular weight excluding hydrogens is 250 g/mol. The maximum atomic E-state index is 13.1. The maximum absolute atomic E-state index is 13.1. The van der Waals surface area contributed by atoms with E-state index >= 15 is 0 Å². The third-order valence-corrected chi connectivity index (χ3v) is 4.69. The summed E-state index contributed by atoms with van der Waals surface area (Å²) in [6.07, 6.45) is 4.39. The Morgan fingerprint density at radius 3 is 2.32 bits per heavy atom. The molecule has 0 aromatic rings. The second kappa shape index (κ2) is 5.73. The molecule has 0 radical (unpaired) electrons. The van der Waals surface area contributed by atoms with E-state index in [0.29, 0.717) is 12.8 Å². The zero-order chi connectivity index (χ0) is 14.0. The van der Waals surface area contributed by atoms with Crippen molar-refractivity contribution < 1.29 is 13.6 Å². The molecule has 2 unspecified atom stereocenters. The van der Waals surface area contributed by atoms with Gasteiger partial charge in [0.05, 0.1) is 0 Å². The zero-order valence-corrected chi connectivity index (χ0v) is 11.6. The lowest BCUT2D eigenvalue weighted by Gasteiger charge is -2.39. The first kappa shape index (κ1) is 14.7. The normalized spacial score (nSPS) is 32.0. The fourth-order valence-corrected chi connectivity index (χ4v) is 3.36. The molecule has 2 N–H and O–H groups in total. The molecule has 2 saturated carbocycles. The zero-order valence-electron chi connectivity index (χ0n) is 11.6. The Morgan fingerprint density at radius 2 is 1.74 bits per heavy atom. The predicted molar refractivity (Wildman–Crippen MR) is 69.9 cm³/mol. The second-order valence-corrected chi connectivity index (χ2v) is 6.10. The van der Waals surface area contributed by atoms with Crippen LogP contribution in [-0.2, 0) is 4.79 Å². The van der Waals surface area contributed by atoms with Gasteiger partial charge in [-0.25, -0.2) is 8.78 Å². The number of amides is 1. The molecule has 2 atom stereocenters. The molecule has 2 fully saturated rings. The number of likely N-dealkylation sites (N-methyl/N-ethyl adjacent to an activating group) is 1. The number of nitrogens with two attached hydrogens (primary N) is 1. The van der Waals surface area contributed by atoms with Crippen LogP contribution in [0.4, 0.5) is 8.78 Å². The number of carbonyl (C=O) groups excluding carboxylic acids is 1. The van der Waals surface area contributed by atoms with Gasteiger partial charge in [0, 0.05) is 37.9 Å². The first-order valence-electron chi connectivity index (χ1n) is 7.31. The molecular formula is C14H24F2N2O. The lowest BCUT2D eigenvalue weighted by Crippen LogP contribution is -2.52. The van der Waals surface area contributed by atoms with Gasteiger partial charge in [0.25, 0.3) is 0 Å². The van der Waals surface area contributed by atoms with E-state index in [-0.39, 0.29) is 36.8 Å². The number of rotatable bonds is 2. The first-order valence-corrected chi connectivity index (χ1v) is 7.31. The summed E-state index contributed by atoms with van der Waals surface area (Å²) in [5.74, 6) is -2.80. The minimum Gasteiger partial charge on any atom is -0.341 e. The molecule has 2 rings (SSSR count). The first-order chi connectivity index (χ1) is 8.91. The monoisotopic (exact) mass is 274 g/mol. The standard InChI is InChI=1S/C14H24F2N2O/c1-18(12-5-3-2-4-11(12)17)13(19)10-6-8-14(15,16)9-7-10/h10-12H,2-9,17H2,1H3. The highest BCUT2D eigenvalue weighted by Gasteiger charge is 2.39. The van der Waals surface area contributed by atoms with E-state index in [4.69, 9.17) is 5.73 Å². The highest BCUT2D eigenvalue weighted by Crippen LogP contribution is 2.37. The van der Waals surface area contributed by atoms with Crippen LogP contribution in [0.5, 0.6) is 0 Å². The Morgan fingerprint density at radius 1 is 1.16 bits per heavy atom. The quantitative estimate of drug-likeness (QED) is 0.841. The number of alkyl halides is 2. The summed E-state index contributed by atoms with van der Waals surface area (Å²) in [6, 6.07) is 0.122. The summed E-state index contributed by atoms with van der Waals surface area (Å²) < 4.78 is 26.2. The molecule has 0 heterocycles. The fraction of sp³-hybridized carbons (Fsp3) is 0.929. The molecule has 1 amide bonds. The topological polar surface area (TPSA) is 46.3 Å². The molecule has 0 spiro atoms. The minimum absolute atomic E-state index is 0.0119. The van der Waals surface area contributed by atoms with Crippen LogP contribution in [0.2, 0.25) is 0 Å². The van der Waals surface area contributed by atoms with E-state index < -0.39 is 5.92 Å². The van der Waals surface area contributed by atoms with Gasteiger partial charge in [0.1, 0.15) is 0 Å². The van der Waals surface area contributed by atoms with Crippen molar-refractivity contribution in [2.45, 2.75) is 69.4 Å². The Bertz CT molecular complexity index is 325. The lowest BCUT2D eigenvalue weighted by molar-refractivity contribution is -0.141. The van der Waals surface area contributed by atoms with Crippen LogP contribution >= 0.6 is 0 Å². The molecule has 19 heavy (non-hydrogen) atoms. The molecule has 110 valence electrons. The molecule has 0 aromatic carbocycles. The molecule has 5 heteroatoms. The number of nitrogens with zero attached hydrogens (tertiary/aromatic N) is 1. The fourth-order valence-electron chi connectivity index (χ4n) is 3.36. The summed E-state index contributed by atoms with van der Waals surface area (Å²) >= 11 is 0. The van der Waals surface area contributed by atoms with Crippen molar-refractivity contribution in [3.63, 3.8) is 0 Å². The molecule has 0 bridgehead atoms. The maximum Gasteiger partial charge on any atom is 0.248 e. The van der Waals surface area contributed by atoms with Gasteiger partial charge in [0.2, 0.25) is 11.8 Å². The Labute approximate surface area is 113 Å². The summed E-state index contributed by atoms with van der Waals surface area (Å²) in [5, 5.41) is 0. The minimum atomic E-state index is -2.57. The van der Waals surface area contributed by atoms with Crippen LogP contribution in [0.25, 0.3) is 0 Å². The van der Waals surface area contributed by atoms with Crippen molar-refractivity contribution in [1.29, 1.82) is 0 Å². The van der Waals surface area contributed by atoms with Gasteiger partial charge in [-0.1, -0.05) is 12.8 Å². The van der Waals surface area contributed by atoms with Gasteiger partial charge in [0.15, 0.2) is 0 Å². The van der Waals surface area contributed by atoms with Gasteiger partial charge >= 0.3 is 0 Å². The average Bonchev–Trinajstić information content (AvgIpc) is 2.38. The molecule has 0 aliphatic heterocycles.